The molecule has 20 heavy (non-hydrogen) atoms. The first kappa shape index (κ1) is 12.4. The van der Waals surface area contributed by atoms with Gasteiger partial charge < -0.3 is 9.72 Å². The van der Waals surface area contributed by atoms with E-state index in [4.69, 9.17) is 4.74 Å². The van der Waals surface area contributed by atoms with Gasteiger partial charge in [0, 0.05) is 11.1 Å². The number of ether oxygens (including phenoxy) is 1. The van der Waals surface area contributed by atoms with Crippen LogP contribution in [-0.2, 0) is 0 Å². The molecular weight excluding hydrogens is 257 g/mol. The molecule has 0 aliphatic heterocycles. The molecule has 0 fully saturated rings. The Balaban J connectivity index is 2.18. The van der Waals surface area contributed by atoms with Crippen LogP contribution in [0.3, 0.4) is 0 Å². The van der Waals surface area contributed by atoms with Crippen LogP contribution in [0.1, 0.15) is 0 Å². The normalized spacial score (nSPS) is 10.7. The molecule has 1 N–H and O–H groups in total. The molecule has 0 aliphatic carbocycles. The molecule has 3 rings (SSSR count). The van der Waals surface area contributed by atoms with E-state index in [0.29, 0.717) is 16.5 Å². The molecule has 4 heteroatoms. The Labute approximate surface area is 114 Å². The van der Waals surface area contributed by atoms with Crippen LogP contribution in [0.5, 0.6) is 5.75 Å². The Morgan fingerprint density at radius 1 is 1.05 bits per heavy atom. The van der Waals surface area contributed by atoms with Crippen LogP contribution in [0.4, 0.5) is 4.39 Å². The lowest BCUT2D eigenvalue weighted by molar-refractivity contribution is 0.415. The summed E-state index contributed by atoms with van der Waals surface area (Å²) < 4.78 is 18.4. The standard InChI is InChI=1S/C16H12FNO2/c1-20-13-5-2-10(3-6-13)15-9-11-8-12(17)4-7-14(11)16(19)18-15/h2-9H,1H3,(H,18,19). The van der Waals surface area contributed by atoms with Gasteiger partial charge in [-0.2, -0.15) is 0 Å². The Hall–Kier alpha value is -2.62. The molecular formula is C16H12FNO2. The van der Waals surface area contributed by atoms with E-state index in [1.54, 1.807) is 13.2 Å². The minimum atomic E-state index is -0.358. The number of benzene rings is 2. The number of hydrogen-bond acceptors (Lipinski definition) is 2. The molecule has 100 valence electrons. The molecule has 2 aromatic carbocycles. The lowest BCUT2D eigenvalue weighted by atomic mass is 10.1. The summed E-state index contributed by atoms with van der Waals surface area (Å²) in [5.41, 5.74) is 1.26. The number of pyridine rings is 1. The number of aromatic nitrogens is 1. The highest BCUT2D eigenvalue weighted by atomic mass is 19.1. The van der Waals surface area contributed by atoms with Crippen LogP contribution < -0.4 is 10.3 Å². The molecule has 0 bridgehead atoms. The summed E-state index contributed by atoms with van der Waals surface area (Å²) in [6.45, 7) is 0. The van der Waals surface area contributed by atoms with Crippen molar-refractivity contribution in [3.8, 4) is 17.0 Å². The van der Waals surface area contributed by atoms with Crippen LogP contribution in [0.15, 0.2) is 53.3 Å². The van der Waals surface area contributed by atoms with Gasteiger partial charge in [-0.3, -0.25) is 4.79 Å². The number of H-pyrrole nitrogens is 1. The average molecular weight is 269 g/mol. The van der Waals surface area contributed by atoms with E-state index in [1.165, 1.54) is 18.2 Å². The highest BCUT2D eigenvalue weighted by Crippen LogP contribution is 2.22. The van der Waals surface area contributed by atoms with Crippen molar-refractivity contribution in [2.24, 2.45) is 0 Å². The van der Waals surface area contributed by atoms with Crippen molar-refractivity contribution >= 4 is 10.8 Å². The largest absolute Gasteiger partial charge is 0.497 e. The topological polar surface area (TPSA) is 42.1 Å². The predicted molar refractivity (Wildman–Crippen MR) is 76.5 cm³/mol. The SMILES string of the molecule is COc1ccc(-c2cc3cc(F)ccc3c(=O)[nH]2)cc1. The van der Waals surface area contributed by atoms with E-state index in [2.05, 4.69) is 4.98 Å². The number of hydrogen-bond donors (Lipinski definition) is 1. The minimum absolute atomic E-state index is 0.228. The van der Waals surface area contributed by atoms with Crippen LogP contribution in [0.25, 0.3) is 22.0 Å². The zero-order valence-electron chi connectivity index (χ0n) is 10.8. The van der Waals surface area contributed by atoms with Crippen molar-refractivity contribution in [3.05, 3.63) is 64.7 Å². The molecule has 3 aromatic rings. The molecule has 0 saturated heterocycles. The number of halogens is 1. The maximum Gasteiger partial charge on any atom is 0.256 e. The highest BCUT2D eigenvalue weighted by molar-refractivity contribution is 5.85. The van der Waals surface area contributed by atoms with Gasteiger partial charge in [0.25, 0.3) is 5.56 Å². The van der Waals surface area contributed by atoms with Crippen molar-refractivity contribution in [1.29, 1.82) is 0 Å². The second kappa shape index (κ2) is 4.81. The first-order valence-electron chi connectivity index (χ1n) is 6.14. The van der Waals surface area contributed by atoms with Gasteiger partial charge in [-0.25, -0.2) is 4.39 Å². The van der Waals surface area contributed by atoms with Gasteiger partial charge in [0.1, 0.15) is 11.6 Å². The molecule has 3 nitrogen and oxygen atoms in total. The lowest BCUT2D eigenvalue weighted by Gasteiger charge is -2.05. The summed E-state index contributed by atoms with van der Waals surface area (Å²) in [6.07, 6.45) is 0. The Morgan fingerprint density at radius 3 is 2.50 bits per heavy atom. The molecule has 0 saturated carbocycles. The molecule has 0 aliphatic rings. The molecule has 0 radical (unpaired) electrons. The molecule has 0 amide bonds. The van der Waals surface area contributed by atoms with Gasteiger partial charge in [0.05, 0.1) is 7.11 Å². The average Bonchev–Trinajstić information content (AvgIpc) is 2.46. The summed E-state index contributed by atoms with van der Waals surface area (Å²) in [5.74, 6) is 0.381. The second-order valence-electron chi connectivity index (χ2n) is 4.47. The number of rotatable bonds is 2. The molecule has 0 atom stereocenters. The van der Waals surface area contributed by atoms with Crippen LogP contribution in [-0.4, -0.2) is 12.1 Å². The quantitative estimate of drug-likeness (QED) is 0.775. The molecule has 1 aromatic heterocycles. The van der Waals surface area contributed by atoms with Gasteiger partial charge in [-0.05, 0) is 59.5 Å². The van der Waals surface area contributed by atoms with Crippen LogP contribution >= 0.6 is 0 Å². The van der Waals surface area contributed by atoms with E-state index >= 15 is 0 Å². The van der Waals surface area contributed by atoms with E-state index < -0.39 is 0 Å². The number of fused-ring (bicyclic) bond motifs is 1. The lowest BCUT2D eigenvalue weighted by Crippen LogP contribution is -2.07. The number of nitrogens with one attached hydrogen (secondary N) is 1. The maximum absolute atomic E-state index is 13.3. The van der Waals surface area contributed by atoms with Crippen LogP contribution in [0.2, 0.25) is 0 Å². The highest BCUT2D eigenvalue weighted by Gasteiger charge is 2.05. The van der Waals surface area contributed by atoms with E-state index in [1.807, 2.05) is 24.3 Å². The Kier molecular flexibility index (Phi) is 2.99. The van der Waals surface area contributed by atoms with Gasteiger partial charge >= 0.3 is 0 Å². The monoisotopic (exact) mass is 269 g/mol. The molecule has 0 spiro atoms. The van der Waals surface area contributed by atoms with Crippen molar-refractivity contribution in [1.82, 2.24) is 4.98 Å². The fourth-order valence-corrected chi connectivity index (χ4v) is 2.17. The Morgan fingerprint density at radius 2 is 1.80 bits per heavy atom. The smallest absolute Gasteiger partial charge is 0.256 e. The minimum Gasteiger partial charge on any atom is -0.497 e. The number of methoxy groups -OCH3 is 1. The zero-order valence-corrected chi connectivity index (χ0v) is 10.8. The van der Waals surface area contributed by atoms with Gasteiger partial charge in [0.2, 0.25) is 0 Å². The Bertz CT molecular complexity index is 822. The summed E-state index contributed by atoms with van der Waals surface area (Å²) in [5, 5.41) is 1.06. The van der Waals surface area contributed by atoms with Crippen molar-refractivity contribution in [3.63, 3.8) is 0 Å². The summed E-state index contributed by atoms with van der Waals surface area (Å²) >= 11 is 0. The van der Waals surface area contributed by atoms with Gasteiger partial charge in [-0.1, -0.05) is 0 Å². The zero-order chi connectivity index (χ0) is 14.1. The van der Waals surface area contributed by atoms with Crippen LogP contribution in [0, 0.1) is 5.82 Å². The first-order chi connectivity index (χ1) is 9.67. The second-order valence-corrected chi connectivity index (χ2v) is 4.47. The fourth-order valence-electron chi connectivity index (χ4n) is 2.17. The van der Waals surface area contributed by atoms with Gasteiger partial charge in [0.15, 0.2) is 0 Å². The number of aromatic amines is 1. The van der Waals surface area contributed by atoms with E-state index in [9.17, 15) is 9.18 Å². The van der Waals surface area contributed by atoms with Crippen molar-refractivity contribution < 1.29 is 9.13 Å². The molecule has 0 unspecified atom stereocenters. The third kappa shape index (κ3) is 2.16. The van der Waals surface area contributed by atoms with Crippen molar-refractivity contribution in [2.45, 2.75) is 0 Å². The van der Waals surface area contributed by atoms with E-state index in [0.717, 1.165) is 11.3 Å². The fraction of sp³-hybridized carbons (Fsp3) is 0.0625. The molecule has 1 heterocycles. The summed E-state index contributed by atoms with van der Waals surface area (Å²) in [7, 11) is 1.59. The summed E-state index contributed by atoms with van der Waals surface area (Å²) in [6, 6.07) is 13.2. The third-order valence-electron chi connectivity index (χ3n) is 3.21. The van der Waals surface area contributed by atoms with Gasteiger partial charge in [-0.15, -0.1) is 0 Å². The van der Waals surface area contributed by atoms with Crippen molar-refractivity contribution in [2.75, 3.05) is 7.11 Å². The summed E-state index contributed by atoms with van der Waals surface area (Å²) in [4.78, 5) is 14.8. The third-order valence-corrected chi connectivity index (χ3v) is 3.21. The predicted octanol–water partition coefficient (Wildman–Crippen LogP) is 3.34. The first-order valence-corrected chi connectivity index (χ1v) is 6.14. The maximum atomic E-state index is 13.3. The van der Waals surface area contributed by atoms with E-state index in [-0.39, 0.29) is 11.4 Å².